The molecule has 5 aromatic rings. The lowest BCUT2D eigenvalue weighted by Gasteiger charge is -2.02. The molecule has 150 valence electrons. The molecule has 0 spiro atoms. The summed E-state index contributed by atoms with van der Waals surface area (Å²) in [5.41, 5.74) is 5.82. The van der Waals surface area contributed by atoms with Crippen LogP contribution < -0.4 is 4.57 Å². The number of imidazole rings is 1. The maximum Gasteiger partial charge on any atom is 0.244 e. The topological polar surface area (TPSA) is 60.4 Å². The number of hydrogen-bond acceptors (Lipinski definition) is 4. The van der Waals surface area contributed by atoms with Crippen LogP contribution in [0.5, 0.6) is 0 Å². The second kappa shape index (κ2) is 8.67. The first-order valence-electron chi connectivity index (χ1n) is 10.1. The average molecular weight is 405 g/mol. The van der Waals surface area contributed by atoms with Crippen molar-refractivity contribution in [3.8, 4) is 22.8 Å². The molecule has 0 aliphatic carbocycles. The molecule has 0 aromatic carbocycles. The molecule has 0 atom stereocenters. The second-order valence-electron chi connectivity index (χ2n) is 7.29. The zero-order chi connectivity index (χ0) is 20.9. The fourth-order valence-corrected chi connectivity index (χ4v) is 3.42. The Balaban J connectivity index is 1.23. The van der Waals surface area contributed by atoms with Crippen molar-refractivity contribution in [2.45, 2.75) is 13.1 Å². The highest BCUT2D eigenvalue weighted by molar-refractivity contribution is 5.54. The van der Waals surface area contributed by atoms with Gasteiger partial charge in [-0.1, -0.05) is 24.3 Å². The molecule has 0 saturated carbocycles. The molecule has 0 radical (unpaired) electrons. The molecule has 31 heavy (non-hydrogen) atoms. The third-order valence-corrected chi connectivity index (χ3v) is 4.98. The third-order valence-electron chi connectivity index (χ3n) is 4.98. The van der Waals surface area contributed by atoms with Gasteiger partial charge in [0.1, 0.15) is 25.5 Å². The molecule has 0 unspecified atom stereocenters. The molecule has 0 bridgehead atoms. The highest BCUT2D eigenvalue weighted by Crippen LogP contribution is 2.15. The van der Waals surface area contributed by atoms with Crippen LogP contribution in [0.1, 0.15) is 11.1 Å². The first kappa shape index (κ1) is 18.8. The van der Waals surface area contributed by atoms with Gasteiger partial charge in [-0.15, -0.1) is 0 Å². The highest BCUT2D eigenvalue weighted by Gasteiger charge is 2.08. The molecule has 5 rings (SSSR count). The molecule has 5 aromatic heterocycles. The van der Waals surface area contributed by atoms with Crippen molar-refractivity contribution in [3.63, 3.8) is 0 Å². The molecule has 0 saturated heterocycles. The van der Waals surface area contributed by atoms with Crippen LogP contribution in [-0.4, -0.2) is 24.5 Å². The molecule has 5 heterocycles. The van der Waals surface area contributed by atoms with Crippen LogP contribution in [0, 0.1) is 0 Å². The number of pyridine rings is 4. The minimum Gasteiger partial charge on any atom is -0.255 e. The van der Waals surface area contributed by atoms with Crippen molar-refractivity contribution in [2.75, 3.05) is 0 Å². The Morgan fingerprint density at radius 2 is 1.26 bits per heavy atom. The summed E-state index contributed by atoms with van der Waals surface area (Å²) >= 11 is 0. The van der Waals surface area contributed by atoms with Crippen LogP contribution in [0.2, 0.25) is 0 Å². The predicted molar refractivity (Wildman–Crippen MR) is 118 cm³/mol. The van der Waals surface area contributed by atoms with Crippen LogP contribution in [0.4, 0.5) is 0 Å². The smallest absolute Gasteiger partial charge is 0.244 e. The van der Waals surface area contributed by atoms with Crippen molar-refractivity contribution in [1.29, 1.82) is 0 Å². The van der Waals surface area contributed by atoms with Crippen molar-refractivity contribution in [1.82, 2.24) is 24.5 Å². The summed E-state index contributed by atoms with van der Waals surface area (Å²) in [6, 6.07) is 19.9. The van der Waals surface area contributed by atoms with Crippen LogP contribution in [0.15, 0.2) is 104 Å². The number of aromatic nitrogens is 6. The summed E-state index contributed by atoms with van der Waals surface area (Å²) in [4.78, 5) is 17.8. The van der Waals surface area contributed by atoms with E-state index in [-0.39, 0.29) is 0 Å². The summed E-state index contributed by atoms with van der Waals surface area (Å²) in [6.07, 6.45) is 13.6. The van der Waals surface area contributed by atoms with Gasteiger partial charge in [-0.05, 0) is 36.4 Å². The van der Waals surface area contributed by atoms with Gasteiger partial charge in [0, 0.05) is 35.9 Å². The van der Waals surface area contributed by atoms with Crippen LogP contribution in [0.3, 0.4) is 0 Å². The fourth-order valence-electron chi connectivity index (χ4n) is 3.42. The van der Waals surface area contributed by atoms with Crippen LogP contribution in [-0.2, 0) is 13.1 Å². The quantitative estimate of drug-likeness (QED) is 0.403. The summed E-state index contributed by atoms with van der Waals surface area (Å²) in [6.45, 7) is 1.53. The lowest BCUT2D eigenvalue weighted by atomic mass is 10.2. The molecule has 0 fully saturated rings. The molecular weight excluding hydrogens is 384 g/mol. The molecule has 0 aliphatic rings. The summed E-state index contributed by atoms with van der Waals surface area (Å²) in [7, 11) is 0. The Kier molecular flexibility index (Phi) is 5.26. The molecule has 0 amide bonds. The Hall–Kier alpha value is -4.19. The fraction of sp³-hybridized carbons (Fsp3) is 0.0800. The summed E-state index contributed by atoms with van der Waals surface area (Å²) in [5, 5.41) is 0. The largest absolute Gasteiger partial charge is 0.255 e. The molecule has 6 heteroatoms. The Labute approximate surface area is 180 Å². The van der Waals surface area contributed by atoms with Crippen molar-refractivity contribution in [3.05, 3.63) is 115 Å². The standard InChI is InChI=1S/C25H21N6/c1-3-11-26-22(5-1)24-9-7-20(15-28-24)17-30-13-14-31(19-30)18-21-8-10-25(29-16-21)23-6-2-4-12-27-23/h1-16,19H,17-18H2/q+1. The lowest BCUT2D eigenvalue weighted by molar-refractivity contribution is -0.687. The first-order chi connectivity index (χ1) is 15.3. The minimum absolute atomic E-state index is 0.763. The summed E-state index contributed by atoms with van der Waals surface area (Å²) < 4.78 is 4.29. The first-order valence-corrected chi connectivity index (χ1v) is 10.1. The van der Waals surface area contributed by atoms with Gasteiger partial charge in [-0.25, -0.2) is 9.13 Å². The minimum atomic E-state index is 0.763. The van der Waals surface area contributed by atoms with E-state index < -0.39 is 0 Å². The van der Waals surface area contributed by atoms with Crippen LogP contribution in [0.25, 0.3) is 22.8 Å². The highest BCUT2D eigenvalue weighted by atomic mass is 15.1. The maximum absolute atomic E-state index is 4.56. The summed E-state index contributed by atoms with van der Waals surface area (Å²) in [5.74, 6) is 0. The predicted octanol–water partition coefficient (Wildman–Crippen LogP) is 3.79. The van der Waals surface area contributed by atoms with E-state index in [1.807, 2.05) is 60.9 Å². The number of hydrogen-bond donors (Lipinski definition) is 0. The lowest BCUT2D eigenvalue weighted by Crippen LogP contribution is -2.31. The van der Waals surface area contributed by atoms with E-state index >= 15 is 0 Å². The van der Waals surface area contributed by atoms with E-state index in [4.69, 9.17) is 0 Å². The Morgan fingerprint density at radius 1 is 0.645 bits per heavy atom. The number of rotatable bonds is 6. The molecular formula is C25H21N6+. The zero-order valence-electron chi connectivity index (χ0n) is 16.9. The Morgan fingerprint density at radius 3 is 1.81 bits per heavy atom. The van der Waals surface area contributed by atoms with E-state index in [1.165, 1.54) is 0 Å². The van der Waals surface area contributed by atoms with E-state index in [1.54, 1.807) is 12.4 Å². The van der Waals surface area contributed by atoms with E-state index in [0.717, 1.165) is 47.0 Å². The molecule has 0 N–H and O–H groups in total. The van der Waals surface area contributed by atoms with Crippen LogP contribution >= 0.6 is 0 Å². The van der Waals surface area contributed by atoms with Crippen molar-refractivity contribution < 1.29 is 4.57 Å². The van der Waals surface area contributed by atoms with Crippen molar-refractivity contribution in [2.24, 2.45) is 0 Å². The van der Waals surface area contributed by atoms with Gasteiger partial charge in [-0.2, -0.15) is 0 Å². The van der Waals surface area contributed by atoms with E-state index in [9.17, 15) is 0 Å². The second-order valence-corrected chi connectivity index (χ2v) is 7.29. The SMILES string of the molecule is c1ccc(-c2ccc(Cn3cc[n+](Cc4ccc(-c5ccccn5)nc4)c3)cn2)nc1. The average Bonchev–Trinajstić information content (AvgIpc) is 3.28. The van der Waals surface area contributed by atoms with Gasteiger partial charge in [0.15, 0.2) is 0 Å². The maximum atomic E-state index is 4.56. The Bertz CT molecular complexity index is 1150. The van der Waals surface area contributed by atoms with Gasteiger partial charge < -0.3 is 0 Å². The van der Waals surface area contributed by atoms with Gasteiger partial charge >= 0.3 is 0 Å². The zero-order valence-corrected chi connectivity index (χ0v) is 16.9. The monoisotopic (exact) mass is 405 g/mol. The normalized spacial score (nSPS) is 10.8. The van der Waals surface area contributed by atoms with Gasteiger partial charge in [0.2, 0.25) is 6.33 Å². The molecule has 6 nitrogen and oxygen atoms in total. The van der Waals surface area contributed by atoms with Gasteiger partial charge in [0.25, 0.3) is 0 Å². The van der Waals surface area contributed by atoms with Gasteiger partial charge in [-0.3, -0.25) is 19.9 Å². The van der Waals surface area contributed by atoms with Gasteiger partial charge in [0.05, 0.1) is 22.8 Å². The van der Waals surface area contributed by atoms with Crippen molar-refractivity contribution >= 4 is 0 Å². The molecule has 0 aliphatic heterocycles. The van der Waals surface area contributed by atoms with E-state index in [2.05, 4.69) is 59.9 Å². The number of nitrogens with zero attached hydrogens (tertiary/aromatic N) is 6. The third kappa shape index (κ3) is 4.53. The van der Waals surface area contributed by atoms with E-state index in [0.29, 0.717) is 0 Å².